The van der Waals surface area contributed by atoms with Crippen molar-refractivity contribution in [1.82, 2.24) is 10.3 Å². The molecule has 0 aliphatic rings. The van der Waals surface area contributed by atoms with Crippen LogP contribution in [0.15, 0.2) is 23.6 Å². The molecule has 0 radical (unpaired) electrons. The number of nitrogens with one attached hydrogen (secondary N) is 1. The van der Waals surface area contributed by atoms with Gasteiger partial charge in [-0.3, -0.25) is 0 Å². The molecular formula is C15H19FN2S. The van der Waals surface area contributed by atoms with E-state index in [4.69, 9.17) is 0 Å². The molecule has 0 saturated carbocycles. The van der Waals surface area contributed by atoms with Crippen LogP contribution in [0.25, 0.3) is 0 Å². The van der Waals surface area contributed by atoms with Gasteiger partial charge in [-0.1, -0.05) is 6.07 Å². The highest BCUT2D eigenvalue weighted by Crippen LogP contribution is 2.15. The topological polar surface area (TPSA) is 24.9 Å². The third kappa shape index (κ3) is 3.85. The molecule has 2 rings (SSSR count). The Kier molecular flexibility index (Phi) is 4.66. The molecule has 1 unspecified atom stereocenters. The lowest BCUT2D eigenvalue weighted by Gasteiger charge is -2.16. The van der Waals surface area contributed by atoms with Crippen LogP contribution in [0.5, 0.6) is 0 Å². The summed E-state index contributed by atoms with van der Waals surface area (Å²) in [4.78, 5) is 4.50. The van der Waals surface area contributed by atoms with Crippen molar-refractivity contribution in [2.45, 2.75) is 32.7 Å². The Morgan fingerprint density at radius 1 is 1.32 bits per heavy atom. The summed E-state index contributed by atoms with van der Waals surface area (Å²) in [5, 5.41) is 6.53. The average molecular weight is 278 g/mol. The Balaban J connectivity index is 2.06. The normalized spacial score (nSPS) is 12.6. The molecule has 1 atom stereocenters. The van der Waals surface area contributed by atoms with Gasteiger partial charge in [0.1, 0.15) is 5.82 Å². The van der Waals surface area contributed by atoms with E-state index in [1.807, 2.05) is 27.0 Å². The van der Waals surface area contributed by atoms with Gasteiger partial charge in [-0.2, -0.15) is 0 Å². The highest BCUT2D eigenvalue weighted by Gasteiger charge is 2.12. The quantitative estimate of drug-likeness (QED) is 0.908. The van der Waals surface area contributed by atoms with E-state index in [1.54, 1.807) is 17.4 Å². The van der Waals surface area contributed by atoms with E-state index in [0.717, 1.165) is 29.1 Å². The minimum Gasteiger partial charge on any atom is -0.316 e. The van der Waals surface area contributed by atoms with Crippen LogP contribution < -0.4 is 5.32 Å². The van der Waals surface area contributed by atoms with Crippen molar-refractivity contribution < 1.29 is 4.39 Å². The molecule has 2 nitrogen and oxygen atoms in total. The van der Waals surface area contributed by atoms with Gasteiger partial charge in [0.15, 0.2) is 0 Å². The number of aryl methyl sites for hydroxylation is 2. The van der Waals surface area contributed by atoms with E-state index >= 15 is 0 Å². The number of likely N-dealkylation sites (N-methyl/N-ethyl adjacent to an activating group) is 1. The van der Waals surface area contributed by atoms with Crippen molar-refractivity contribution in [3.63, 3.8) is 0 Å². The molecule has 0 aliphatic carbocycles. The van der Waals surface area contributed by atoms with Crippen LogP contribution >= 0.6 is 11.3 Å². The minimum atomic E-state index is -0.169. The van der Waals surface area contributed by atoms with Crippen molar-refractivity contribution in [3.05, 3.63) is 51.2 Å². The van der Waals surface area contributed by atoms with Crippen LogP contribution in [-0.4, -0.2) is 18.1 Å². The highest BCUT2D eigenvalue weighted by molar-refractivity contribution is 7.09. The van der Waals surface area contributed by atoms with Gasteiger partial charge < -0.3 is 5.32 Å². The molecule has 2 aromatic rings. The molecule has 102 valence electrons. The molecule has 19 heavy (non-hydrogen) atoms. The molecule has 0 spiro atoms. The lowest BCUT2D eigenvalue weighted by Crippen LogP contribution is -2.30. The Bertz CT molecular complexity index is 551. The average Bonchev–Trinajstić information content (AvgIpc) is 2.77. The summed E-state index contributed by atoms with van der Waals surface area (Å²) in [5.41, 5.74) is 3.32. The van der Waals surface area contributed by atoms with Gasteiger partial charge in [-0.15, -0.1) is 11.3 Å². The first-order valence-electron chi connectivity index (χ1n) is 6.42. The predicted molar refractivity (Wildman–Crippen MR) is 78.2 cm³/mol. The zero-order valence-electron chi connectivity index (χ0n) is 11.5. The van der Waals surface area contributed by atoms with Gasteiger partial charge in [0.05, 0.1) is 10.7 Å². The van der Waals surface area contributed by atoms with Gasteiger partial charge in [-0.25, -0.2) is 9.37 Å². The maximum Gasteiger partial charge on any atom is 0.123 e. The lowest BCUT2D eigenvalue weighted by atomic mass is 9.98. The number of hydrogen-bond acceptors (Lipinski definition) is 3. The van der Waals surface area contributed by atoms with Crippen LogP contribution in [0.2, 0.25) is 0 Å². The molecular weight excluding hydrogens is 259 g/mol. The van der Waals surface area contributed by atoms with Crippen LogP contribution in [0, 0.1) is 19.7 Å². The van der Waals surface area contributed by atoms with E-state index in [0.29, 0.717) is 6.04 Å². The fraction of sp³-hybridized carbons (Fsp3) is 0.400. The van der Waals surface area contributed by atoms with Crippen LogP contribution in [0.3, 0.4) is 0 Å². The third-order valence-electron chi connectivity index (χ3n) is 3.30. The van der Waals surface area contributed by atoms with Crippen LogP contribution in [-0.2, 0) is 12.8 Å². The lowest BCUT2D eigenvalue weighted by molar-refractivity contribution is 0.548. The molecule has 1 aromatic carbocycles. The minimum absolute atomic E-state index is 0.169. The largest absolute Gasteiger partial charge is 0.316 e. The molecule has 0 amide bonds. The molecule has 1 heterocycles. The Morgan fingerprint density at radius 2 is 2.11 bits per heavy atom. The van der Waals surface area contributed by atoms with Crippen molar-refractivity contribution in [3.8, 4) is 0 Å². The number of hydrogen-bond donors (Lipinski definition) is 1. The summed E-state index contributed by atoms with van der Waals surface area (Å²) in [6, 6.07) is 5.32. The molecule has 0 saturated heterocycles. The summed E-state index contributed by atoms with van der Waals surface area (Å²) in [5.74, 6) is -0.169. The first-order valence-corrected chi connectivity index (χ1v) is 7.29. The van der Waals surface area contributed by atoms with Gasteiger partial charge in [-0.05, 0) is 50.6 Å². The summed E-state index contributed by atoms with van der Waals surface area (Å²) in [7, 11) is 1.96. The maximum absolute atomic E-state index is 13.1. The molecule has 0 bridgehead atoms. The zero-order chi connectivity index (χ0) is 13.8. The summed E-state index contributed by atoms with van der Waals surface area (Å²) in [6.07, 6.45) is 1.79. The second kappa shape index (κ2) is 6.26. The number of aromatic nitrogens is 1. The van der Waals surface area contributed by atoms with Gasteiger partial charge in [0.25, 0.3) is 0 Å². The second-order valence-corrected chi connectivity index (χ2v) is 5.88. The number of nitrogens with zero attached hydrogens (tertiary/aromatic N) is 1. The summed E-state index contributed by atoms with van der Waals surface area (Å²) in [6.45, 7) is 3.98. The Morgan fingerprint density at radius 3 is 2.68 bits per heavy atom. The monoisotopic (exact) mass is 278 g/mol. The summed E-state index contributed by atoms with van der Waals surface area (Å²) < 4.78 is 13.1. The third-order valence-corrected chi connectivity index (χ3v) is 4.12. The number of rotatable bonds is 5. The van der Waals surface area contributed by atoms with Crippen LogP contribution in [0.1, 0.15) is 21.8 Å². The van der Waals surface area contributed by atoms with Crippen molar-refractivity contribution in [2.75, 3.05) is 7.05 Å². The van der Waals surface area contributed by atoms with Gasteiger partial charge in [0, 0.05) is 17.8 Å². The number of halogens is 1. The Labute approximate surface area is 117 Å². The smallest absolute Gasteiger partial charge is 0.123 e. The fourth-order valence-corrected chi connectivity index (χ4v) is 2.81. The predicted octanol–water partition coefficient (Wildman–Crippen LogP) is 3.27. The zero-order valence-corrected chi connectivity index (χ0v) is 12.4. The van der Waals surface area contributed by atoms with Crippen molar-refractivity contribution in [1.29, 1.82) is 0 Å². The van der Waals surface area contributed by atoms with Crippen LogP contribution in [0.4, 0.5) is 4.39 Å². The number of thiazole rings is 1. The van der Waals surface area contributed by atoms with E-state index < -0.39 is 0 Å². The van der Waals surface area contributed by atoms with Gasteiger partial charge >= 0.3 is 0 Å². The van der Waals surface area contributed by atoms with E-state index in [1.165, 1.54) is 11.6 Å². The molecule has 4 heteroatoms. The standard InChI is InChI=1S/C15H19FN2S/c1-10-6-13(16)5-4-12(10)7-14(17-3)8-15-9-19-11(2)18-15/h4-6,9,14,17H,7-8H2,1-3H3. The van der Waals surface area contributed by atoms with E-state index in [-0.39, 0.29) is 5.82 Å². The molecule has 0 fully saturated rings. The Hall–Kier alpha value is -1.26. The second-order valence-electron chi connectivity index (χ2n) is 4.82. The van der Waals surface area contributed by atoms with E-state index in [2.05, 4.69) is 15.7 Å². The van der Waals surface area contributed by atoms with Gasteiger partial charge in [0.2, 0.25) is 0 Å². The molecule has 1 N–H and O–H groups in total. The SMILES string of the molecule is CNC(Cc1csc(C)n1)Cc1ccc(F)cc1C. The fourth-order valence-electron chi connectivity index (χ4n) is 2.18. The van der Waals surface area contributed by atoms with E-state index in [9.17, 15) is 4.39 Å². The summed E-state index contributed by atoms with van der Waals surface area (Å²) >= 11 is 1.68. The number of benzene rings is 1. The highest BCUT2D eigenvalue weighted by atomic mass is 32.1. The first kappa shape index (κ1) is 14.2. The van der Waals surface area contributed by atoms with Crippen molar-refractivity contribution >= 4 is 11.3 Å². The maximum atomic E-state index is 13.1. The molecule has 1 aromatic heterocycles. The van der Waals surface area contributed by atoms with Crippen molar-refractivity contribution in [2.24, 2.45) is 0 Å². The molecule has 0 aliphatic heterocycles. The first-order chi connectivity index (χ1) is 9.08.